The van der Waals surface area contributed by atoms with Crippen LogP contribution in [0.5, 0.6) is 0 Å². The van der Waals surface area contributed by atoms with Crippen molar-refractivity contribution in [3.05, 3.63) is 47.9 Å². The van der Waals surface area contributed by atoms with Crippen LogP contribution in [0.15, 0.2) is 45.7 Å². The number of sulfonamides is 1. The molecule has 0 atom stereocenters. The molecule has 2 aromatic rings. The number of carbonyl (C=O) groups excluding carboxylic acids is 2. The maximum Gasteiger partial charge on any atom is 0.240 e. The van der Waals surface area contributed by atoms with Crippen LogP contribution in [-0.2, 0) is 26.2 Å². The highest BCUT2D eigenvalue weighted by Gasteiger charge is 2.16. The number of hydrogen-bond donors (Lipinski definition) is 2. The molecule has 0 aliphatic heterocycles. The summed E-state index contributed by atoms with van der Waals surface area (Å²) in [6.07, 6.45) is 0.0272. The molecule has 27 heavy (non-hydrogen) atoms. The van der Waals surface area contributed by atoms with E-state index in [-0.39, 0.29) is 29.7 Å². The Morgan fingerprint density at radius 3 is 2.33 bits per heavy atom. The first-order chi connectivity index (χ1) is 12.7. The van der Waals surface area contributed by atoms with Crippen LogP contribution in [0.1, 0.15) is 24.9 Å². The van der Waals surface area contributed by atoms with Crippen molar-refractivity contribution in [2.75, 3.05) is 18.9 Å². The maximum atomic E-state index is 12.3. The van der Waals surface area contributed by atoms with E-state index >= 15 is 0 Å². The van der Waals surface area contributed by atoms with Crippen LogP contribution in [-0.4, -0.2) is 38.7 Å². The summed E-state index contributed by atoms with van der Waals surface area (Å²) in [6.45, 7) is 3.50. The first-order valence-corrected chi connectivity index (χ1v) is 9.82. The minimum absolute atomic E-state index is 0.0177. The van der Waals surface area contributed by atoms with E-state index in [1.165, 1.54) is 36.1 Å². The van der Waals surface area contributed by atoms with E-state index in [4.69, 9.17) is 4.42 Å². The molecular weight excluding hydrogens is 370 g/mol. The Bertz CT molecular complexity index is 903. The fourth-order valence-corrected chi connectivity index (χ4v) is 3.41. The van der Waals surface area contributed by atoms with E-state index in [0.29, 0.717) is 18.0 Å². The lowest BCUT2D eigenvalue weighted by Crippen LogP contribution is -2.31. The number of benzene rings is 1. The number of anilines is 1. The van der Waals surface area contributed by atoms with E-state index in [1.54, 1.807) is 13.1 Å². The normalized spacial score (nSPS) is 11.2. The lowest BCUT2D eigenvalue weighted by molar-refractivity contribution is -0.130. The van der Waals surface area contributed by atoms with Crippen LogP contribution < -0.4 is 10.0 Å². The number of nitrogens with one attached hydrogen (secondary N) is 2. The Balaban J connectivity index is 1.85. The van der Waals surface area contributed by atoms with Gasteiger partial charge in [0, 0.05) is 32.6 Å². The van der Waals surface area contributed by atoms with Crippen LogP contribution in [0.25, 0.3) is 0 Å². The van der Waals surface area contributed by atoms with Crippen molar-refractivity contribution in [3.63, 3.8) is 0 Å². The molecule has 0 radical (unpaired) electrons. The summed E-state index contributed by atoms with van der Waals surface area (Å²) in [5.74, 6) is 0.996. The second kappa shape index (κ2) is 8.83. The number of furan rings is 1. The van der Waals surface area contributed by atoms with Crippen molar-refractivity contribution in [2.24, 2.45) is 0 Å². The third kappa shape index (κ3) is 6.22. The highest BCUT2D eigenvalue weighted by Crippen LogP contribution is 2.14. The Labute approximate surface area is 158 Å². The van der Waals surface area contributed by atoms with E-state index in [0.717, 1.165) is 5.76 Å². The topological polar surface area (TPSA) is 109 Å². The quantitative estimate of drug-likeness (QED) is 0.712. The molecule has 2 N–H and O–H groups in total. The fourth-order valence-electron chi connectivity index (χ4n) is 2.38. The number of amides is 2. The Kier molecular flexibility index (Phi) is 6.75. The number of nitrogens with zero attached hydrogens (tertiary/aromatic N) is 1. The van der Waals surface area contributed by atoms with E-state index in [1.807, 2.05) is 13.0 Å². The molecule has 8 nitrogen and oxygen atoms in total. The van der Waals surface area contributed by atoms with Gasteiger partial charge in [0.1, 0.15) is 11.5 Å². The zero-order valence-corrected chi connectivity index (χ0v) is 16.3. The molecular formula is C18H23N3O5S. The van der Waals surface area contributed by atoms with Crippen molar-refractivity contribution in [1.29, 1.82) is 0 Å². The zero-order chi connectivity index (χ0) is 20.0. The standard InChI is InChI=1S/C18H23N3O5S/c1-13-4-7-16(26-13)12-21(3)18(23)10-11-19-27(24,25)17-8-5-15(6-9-17)20-14(2)22/h4-9,19H,10-12H2,1-3H3,(H,20,22). The zero-order valence-electron chi connectivity index (χ0n) is 15.5. The van der Waals surface area contributed by atoms with Gasteiger partial charge in [-0.25, -0.2) is 13.1 Å². The summed E-state index contributed by atoms with van der Waals surface area (Å²) >= 11 is 0. The van der Waals surface area contributed by atoms with Gasteiger partial charge in [0.05, 0.1) is 11.4 Å². The minimum atomic E-state index is -3.73. The van der Waals surface area contributed by atoms with Gasteiger partial charge in [-0.1, -0.05) is 0 Å². The second-order valence-corrected chi connectivity index (χ2v) is 7.88. The third-order valence-electron chi connectivity index (χ3n) is 3.73. The molecule has 0 bridgehead atoms. The fraction of sp³-hybridized carbons (Fsp3) is 0.333. The van der Waals surface area contributed by atoms with Crippen molar-refractivity contribution in [3.8, 4) is 0 Å². The number of hydrogen-bond acceptors (Lipinski definition) is 5. The van der Waals surface area contributed by atoms with E-state index in [9.17, 15) is 18.0 Å². The molecule has 1 aromatic heterocycles. The third-order valence-corrected chi connectivity index (χ3v) is 5.21. The molecule has 0 spiro atoms. The van der Waals surface area contributed by atoms with Gasteiger partial charge in [-0.15, -0.1) is 0 Å². The maximum absolute atomic E-state index is 12.3. The molecule has 146 valence electrons. The Morgan fingerprint density at radius 2 is 1.78 bits per heavy atom. The number of carbonyl (C=O) groups is 2. The summed E-state index contributed by atoms with van der Waals surface area (Å²) in [5, 5.41) is 2.56. The van der Waals surface area contributed by atoms with Gasteiger partial charge in [-0.3, -0.25) is 9.59 Å². The predicted octanol–water partition coefficient (Wildman–Crippen LogP) is 1.87. The van der Waals surface area contributed by atoms with E-state index in [2.05, 4.69) is 10.0 Å². The molecule has 2 rings (SSSR count). The van der Waals surface area contributed by atoms with Crippen molar-refractivity contribution in [2.45, 2.75) is 31.7 Å². The van der Waals surface area contributed by atoms with E-state index < -0.39 is 10.0 Å². The molecule has 0 aliphatic rings. The molecule has 0 unspecified atom stereocenters. The van der Waals surface area contributed by atoms with Gasteiger partial charge < -0.3 is 14.6 Å². The van der Waals surface area contributed by atoms with Gasteiger partial charge in [0.2, 0.25) is 21.8 Å². The smallest absolute Gasteiger partial charge is 0.240 e. The molecule has 9 heteroatoms. The average molecular weight is 393 g/mol. The van der Waals surface area contributed by atoms with Gasteiger partial charge in [-0.2, -0.15) is 0 Å². The lowest BCUT2D eigenvalue weighted by atomic mass is 10.3. The molecule has 1 heterocycles. The van der Waals surface area contributed by atoms with Crippen LogP contribution >= 0.6 is 0 Å². The van der Waals surface area contributed by atoms with Gasteiger partial charge in [-0.05, 0) is 43.3 Å². The Morgan fingerprint density at radius 1 is 1.11 bits per heavy atom. The summed E-state index contributed by atoms with van der Waals surface area (Å²) in [7, 11) is -2.10. The summed E-state index contributed by atoms with van der Waals surface area (Å²) in [4.78, 5) is 24.7. The molecule has 0 fully saturated rings. The SMILES string of the molecule is CC(=O)Nc1ccc(S(=O)(=O)NCCC(=O)N(C)Cc2ccc(C)o2)cc1. The van der Waals surface area contributed by atoms with Gasteiger partial charge in [0.15, 0.2) is 0 Å². The first kappa shape index (κ1) is 20.7. The molecule has 0 saturated carbocycles. The van der Waals surface area contributed by atoms with Crippen LogP contribution in [0.2, 0.25) is 0 Å². The Hall–Kier alpha value is -2.65. The van der Waals surface area contributed by atoms with Crippen molar-refractivity contribution >= 4 is 27.5 Å². The van der Waals surface area contributed by atoms with Crippen molar-refractivity contribution in [1.82, 2.24) is 9.62 Å². The monoisotopic (exact) mass is 393 g/mol. The van der Waals surface area contributed by atoms with Gasteiger partial charge >= 0.3 is 0 Å². The average Bonchev–Trinajstić information content (AvgIpc) is 2.99. The second-order valence-electron chi connectivity index (χ2n) is 6.12. The predicted molar refractivity (Wildman–Crippen MR) is 100 cm³/mol. The first-order valence-electron chi connectivity index (χ1n) is 8.34. The largest absolute Gasteiger partial charge is 0.464 e. The molecule has 0 aliphatic carbocycles. The minimum Gasteiger partial charge on any atom is -0.464 e. The highest BCUT2D eigenvalue weighted by atomic mass is 32.2. The molecule has 1 aromatic carbocycles. The lowest BCUT2D eigenvalue weighted by Gasteiger charge is -2.16. The van der Waals surface area contributed by atoms with Crippen LogP contribution in [0.4, 0.5) is 5.69 Å². The van der Waals surface area contributed by atoms with Crippen LogP contribution in [0.3, 0.4) is 0 Å². The van der Waals surface area contributed by atoms with Gasteiger partial charge in [0.25, 0.3) is 0 Å². The highest BCUT2D eigenvalue weighted by molar-refractivity contribution is 7.89. The van der Waals surface area contributed by atoms with Crippen LogP contribution in [0, 0.1) is 6.92 Å². The molecule has 0 saturated heterocycles. The summed E-state index contributed by atoms with van der Waals surface area (Å²) in [5.41, 5.74) is 0.506. The number of aryl methyl sites for hydroxylation is 1. The summed E-state index contributed by atoms with van der Waals surface area (Å²) < 4.78 is 32.4. The van der Waals surface area contributed by atoms with Crippen molar-refractivity contribution < 1.29 is 22.4 Å². The number of rotatable bonds is 8. The summed E-state index contributed by atoms with van der Waals surface area (Å²) in [6, 6.07) is 9.40. The molecule has 2 amide bonds.